The minimum absolute atomic E-state index is 0.00710. The zero-order valence-electron chi connectivity index (χ0n) is 26.9. The lowest BCUT2D eigenvalue weighted by atomic mass is 10.0. The summed E-state index contributed by atoms with van der Waals surface area (Å²) >= 11 is 0. The molecule has 0 fully saturated rings. The van der Waals surface area contributed by atoms with Gasteiger partial charge in [-0.3, -0.25) is 14.4 Å². The number of fused-ring (bicyclic) bond motifs is 1. The van der Waals surface area contributed by atoms with Crippen LogP contribution in [0.2, 0.25) is 0 Å². The number of para-hydroxylation sites is 1. The number of rotatable bonds is 15. The van der Waals surface area contributed by atoms with E-state index in [1.165, 1.54) is 0 Å². The van der Waals surface area contributed by atoms with Gasteiger partial charge in [0.25, 0.3) is 0 Å². The van der Waals surface area contributed by atoms with E-state index in [9.17, 15) is 29.1 Å². The Balaban J connectivity index is 1.77. The molecule has 0 unspecified atom stereocenters. The first-order valence-electron chi connectivity index (χ1n) is 15.3. The predicted molar refractivity (Wildman–Crippen MR) is 172 cm³/mol. The van der Waals surface area contributed by atoms with Crippen LogP contribution >= 0.6 is 0 Å². The van der Waals surface area contributed by atoms with E-state index in [-0.39, 0.29) is 25.4 Å². The topological polar surface area (TPSA) is 176 Å². The number of alkyl carbamates (subject to hydrolysis) is 1. The Kier molecular flexibility index (Phi) is 12.7. The third kappa shape index (κ3) is 11.6. The number of carbonyl (C=O) groups excluding carboxylic acids is 4. The summed E-state index contributed by atoms with van der Waals surface area (Å²) in [5.74, 6) is -3.69. The van der Waals surface area contributed by atoms with Gasteiger partial charge in [-0.1, -0.05) is 62.4 Å². The van der Waals surface area contributed by atoms with Gasteiger partial charge in [-0.05, 0) is 50.3 Å². The summed E-state index contributed by atoms with van der Waals surface area (Å²) in [6, 6.07) is 13.0. The normalized spacial score (nSPS) is 13.3. The number of H-pyrrole nitrogens is 1. The van der Waals surface area contributed by atoms with Crippen LogP contribution in [0.3, 0.4) is 0 Å². The number of amides is 3. The number of aromatic nitrogens is 1. The second-order valence-corrected chi connectivity index (χ2v) is 12.5. The van der Waals surface area contributed by atoms with Gasteiger partial charge in [0, 0.05) is 29.9 Å². The summed E-state index contributed by atoms with van der Waals surface area (Å²) < 4.78 is 10.7. The smallest absolute Gasteiger partial charge is 0.408 e. The number of esters is 1. The summed E-state index contributed by atoms with van der Waals surface area (Å²) in [7, 11) is 0. The van der Waals surface area contributed by atoms with E-state index >= 15 is 0 Å². The minimum atomic E-state index is -1.48. The highest BCUT2D eigenvalue weighted by Gasteiger charge is 2.33. The van der Waals surface area contributed by atoms with Gasteiger partial charge in [-0.2, -0.15) is 0 Å². The molecular weight excluding hydrogens is 592 g/mol. The summed E-state index contributed by atoms with van der Waals surface area (Å²) in [6.07, 6.45) is 0.904. The molecule has 46 heavy (non-hydrogen) atoms. The first-order chi connectivity index (χ1) is 21.7. The van der Waals surface area contributed by atoms with Gasteiger partial charge in [0.1, 0.15) is 23.7 Å². The summed E-state index contributed by atoms with van der Waals surface area (Å²) in [6.45, 7) is 8.79. The highest BCUT2D eigenvalue weighted by atomic mass is 16.6. The molecule has 3 atom stereocenters. The first kappa shape index (κ1) is 35.6. The maximum absolute atomic E-state index is 13.7. The molecule has 0 saturated carbocycles. The van der Waals surface area contributed by atoms with Gasteiger partial charge < -0.3 is 35.5 Å². The number of benzene rings is 2. The molecule has 0 spiro atoms. The molecule has 1 aromatic heterocycles. The Bertz CT molecular complexity index is 1500. The third-order valence-corrected chi connectivity index (χ3v) is 6.90. The van der Waals surface area contributed by atoms with E-state index in [0.717, 1.165) is 22.0 Å². The molecule has 0 aliphatic rings. The van der Waals surface area contributed by atoms with Crippen molar-refractivity contribution in [2.24, 2.45) is 5.92 Å². The Morgan fingerprint density at radius 3 is 2.13 bits per heavy atom. The van der Waals surface area contributed by atoms with Crippen molar-refractivity contribution in [3.8, 4) is 0 Å². The van der Waals surface area contributed by atoms with Crippen molar-refractivity contribution in [1.82, 2.24) is 20.9 Å². The van der Waals surface area contributed by atoms with Gasteiger partial charge in [0.2, 0.25) is 11.8 Å². The van der Waals surface area contributed by atoms with Crippen LogP contribution in [0.4, 0.5) is 4.79 Å². The quantitative estimate of drug-likeness (QED) is 0.156. The molecule has 3 rings (SSSR count). The molecule has 248 valence electrons. The monoisotopic (exact) mass is 636 g/mol. The largest absolute Gasteiger partial charge is 0.481 e. The second kappa shape index (κ2) is 16.4. The Hall–Kier alpha value is -4.87. The van der Waals surface area contributed by atoms with E-state index in [1.807, 2.05) is 68.4 Å². The van der Waals surface area contributed by atoms with Gasteiger partial charge in [-0.15, -0.1) is 0 Å². The van der Waals surface area contributed by atoms with Crippen molar-refractivity contribution in [2.45, 2.75) is 84.0 Å². The highest BCUT2D eigenvalue weighted by Crippen LogP contribution is 2.20. The van der Waals surface area contributed by atoms with Gasteiger partial charge in [0.15, 0.2) is 0 Å². The number of ether oxygens (including phenoxy) is 2. The van der Waals surface area contributed by atoms with Crippen LogP contribution in [0.15, 0.2) is 60.8 Å². The number of aromatic amines is 1. The standard InChI is InChI=1S/C34H44N4O8/c1-21(2)17-26(30(41)37-28(19-29(39)40)32(43)45-16-15-22-11-7-6-8-12-22)36-31(42)27(38-33(44)46-34(3,4)5)18-23-20-35-25-14-10-9-13-24(23)25/h6-14,20-21,26-28,35H,15-19H2,1-5H3,(H,36,42)(H,37,41)(H,38,44)(H,39,40)/t26-,27-,28-/m0/s1. The van der Waals surface area contributed by atoms with Gasteiger partial charge in [0.05, 0.1) is 13.0 Å². The number of nitrogens with one attached hydrogen (secondary N) is 4. The molecule has 0 aliphatic carbocycles. The van der Waals surface area contributed by atoms with Crippen LogP contribution < -0.4 is 16.0 Å². The predicted octanol–water partition coefficient (Wildman–Crippen LogP) is 3.88. The van der Waals surface area contributed by atoms with Crippen molar-refractivity contribution in [1.29, 1.82) is 0 Å². The van der Waals surface area contributed by atoms with Gasteiger partial charge >= 0.3 is 18.0 Å². The number of hydrogen-bond acceptors (Lipinski definition) is 7. The number of carboxylic acid groups (broad SMARTS) is 1. The average molecular weight is 637 g/mol. The molecule has 0 saturated heterocycles. The van der Waals surface area contributed by atoms with Crippen LogP contribution in [-0.2, 0) is 41.5 Å². The molecule has 3 amide bonds. The Morgan fingerprint density at radius 1 is 0.848 bits per heavy atom. The fraction of sp³-hybridized carbons (Fsp3) is 0.441. The second-order valence-electron chi connectivity index (χ2n) is 12.5. The summed E-state index contributed by atoms with van der Waals surface area (Å²) in [5, 5.41) is 18.1. The van der Waals surface area contributed by atoms with Gasteiger partial charge in [-0.25, -0.2) is 9.59 Å². The lowest BCUT2D eigenvalue weighted by Crippen LogP contribution is -2.57. The summed E-state index contributed by atoms with van der Waals surface area (Å²) in [5.41, 5.74) is 1.72. The molecule has 12 heteroatoms. The van der Waals surface area contributed by atoms with E-state index in [2.05, 4.69) is 20.9 Å². The SMILES string of the molecule is CC(C)C[C@H](NC(=O)[C@H](Cc1c[nH]c2ccccc12)NC(=O)OC(C)(C)C)C(=O)N[C@@H](CC(=O)O)C(=O)OCCc1ccccc1. The molecule has 0 aliphatic heterocycles. The van der Waals surface area contributed by atoms with Crippen molar-refractivity contribution in [2.75, 3.05) is 6.61 Å². The maximum atomic E-state index is 13.7. The zero-order valence-corrected chi connectivity index (χ0v) is 26.9. The van der Waals surface area contributed by atoms with Crippen LogP contribution in [0.5, 0.6) is 0 Å². The Morgan fingerprint density at radius 2 is 1.48 bits per heavy atom. The first-order valence-corrected chi connectivity index (χ1v) is 15.3. The van der Waals surface area contributed by atoms with E-state index in [4.69, 9.17) is 9.47 Å². The van der Waals surface area contributed by atoms with Crippen molar-refractivity contribution in [3.63, 3.8) is 0 Å². The highest BCUT2D eigenvalue weighted by molar-refractivity contribution is 5.94. The Labute approximate surface area is 268 Å². The van der Waals surface area contributed by atoms with Crippen LogP contribution in [0.1, 0.15) is 58.6 Å². The van der Waals surface area contributed by atoms with Crippen LogP contribution in [0.25, 0.3) is 10.9 Å². The summed E-state index contributed by atoms with van der Waals surface area (Å²) in [4.78, 5) is 67.5. The average Bonchev–Trinajstić information content (AvgIpc) is 3.37. The van der Waals surface area contributed by atoms with Crippen LogP contribution in [-0.4, -0.2) is 70.3 Å². The van der Waals surface area contributed by atoms with Crippen molar-refractivity contribution in [3.05, 3.63) is 71.9 Å². The fourth-order valence-corrected chi connectivity index (χ4v) is 4.81. The van der Waals surface area contributed by atoms with E-state index < -0.39 is 60.0 Å². The minimum Gasteiger partial charge on any atom is -0.481 e. The molecule has 3 aromatic rings. The van der Waals surface area contributed by atoms with Crippen LogP contribution in [0, 0.1) is 5.92 Å². The third-order valence-electron chi connectivity index (χ3n) is 6.90. The number of carboxylic acids is 1. The number of aliphatic carboxylic acids is 1. The molecule has 12 nitrogen and oxygen atoms in total. The lowest BCUT2D eigenvalue weighted by Gasteiger charge is -2.26. The molecule has 2 aromatic carbocycles. The van der Waals surface area contributed by atoms with E-state index in [1.54, 1.807) is 27.0 Å². The number of hydrogen-bond donors (Lipinski definition) is 5. The molecule has 0 bridgehead atoms. The van der Waals surface area contributed by atoms with Crippen molar-refractivity contribution >= 4 is 40.7 Å². The molecule has 0 radical (unpaired) electrons. The molecular formula is C34H44N4O8. The fourth-order valence-electron chi connectivity index (χ4n) is 4.81. The van der Waals surface area contributed by atoms with Crippen molar-refractivity contribution < 1.29 is 38.6 Å². The maximum Gasteiger partial charge on any atom is 0.408 e. The van der Waals surface area contributed by atoms with E-state index in [0.29, 0.717) is 6.42 Å². The molecule has 1 heterocycles. The lowest BCUT2D eigenvalue weighted by molar-refractivity contribution is -0.152. The molecule has 5 N–H and O–H groups in total. The number of carbonyl (C=O) groups is 5. The zero-order chi connectivity index (χ0) is 33.9.